The lowest BCUT2D eigenvalue weighted by Gasteiger charge is -2.12. The molecule has 0 aliphatic rings. The van der Waals surface area contributed by atoms with E-state index in [1.807, 2.05) is 0 Å². The van der Waals surface area contributed by atoms with Gasteiger partial charge in [-0.15, -0.1) is 0 Å². The summed E-state index contributed by atoms with van der Waals surface area (Å²) in [4.78, 5) is 23.3. The molecular weight excluding hydrogens is 329 g/mol. The molecule has 120 valence electrons. The molecule has 0 saturated carbocycles. The van der Waals surface area contributed by atoms with Crippen LogP contribution < -0.4 is 5.32 Å². The molecule has 0 bridgehead atoms. The van der Waals surface area contributed by atoms with Crippen LogP contribution in [0.3, 0.4) is 0 Å². The lowest BCUT2D eigenvalue weighted by Crippen LogP contribution is -2.37. The van der Waals surface area contributed by atoms with Crippen LogP contribution >= 0.6 is 23.2 Å². The van der Waals surface area contributed by atoms with Gasteiger partial charge in [-0.25, -0.2) is 4.79 Å². The molecule has 1 N–H and O–H groups in total. The second kappa shape index (κ2) is 9.46. The maximum atomic E-state index is 11.7. The molecule has 7 heteroatoms. The van der Waals surface area contributed by atoms with Crippen LogP contribution in [-0.2, 0) is 19.1 Å². The van der Waals surface area contributed by atoms with E-state index in [2.05, 4.69) is 5.32 Å². The van der Waals surface area contributed by atoms with Gasteiger partial charge in [-0.3, -0.25) is 4.79 Å². The third-order valence-electron chi connectivity index (χ3n) is 2.65. The molecule has 0 aromatic heterocycles. The molecule has 0 aliphatic carbocycles. The topological polar surface area (TPSA) is 64.6 Å². The Labute approximate surface area is 139 Å². The summed E-state index contributed by atoms with van der Waals surface area (Å²) in [6, 6.07) is 5.02. The smallest absolute Gasteiger partial charge is 0.331 e. The van der Waals surface area contributed by atoms with Crippen molar-refractivity contribution in [1.82, 2.24) is 5.32 Å². The van der Waals surface area contributed by atoms with Gasteiger partial charge >= 0.3 is 5.97 Å². The Bertz CT molecular complexity index is 540. The molecule has 1 aromatic carbocycles. The molecule has 0 heterocycles. The molecule has 0 saturated heterocycles. The van der Waals surface area contributed by atoms with Crippen molar-refractivity contribution in [3.05, 3.63) is 39.9 Å². The van der Waals surface area contributed by atoms with Gasteiger partial charge in [-0.05, 0) is 25.1 Å². The first-order chi connectivity index (χ1) is 10.5. The Balaban J connectivity index is 2.55. The zero-order chi connectivity index (χ0) is 16.5. The highest BCUT2D eigenvalue weighted by Crippen LogP contribution is 2.25. The molecule has 1 rings (SSSR count). The predicted molar refractivity (Wildman–Crippen MR) is 85.9 cm³/mol. The van der Waals surface area contributed by atoms with Crippen molar-refractivity contribution in [3.63, 3.8) is 0 Å². The lowest BCUT2D eigenvalue weighted by atomic mass is 10.2. The Morgan fingerprint density at radius 2 is 1.95 bits per heavy atom. The Morgan fingerprint density at radius 3 is 2.55 bits per heavy atom. The molecule has 1 amide bonds. The first kappa shape index (κ1) is 18.5. The maximum absolute atomic E-state index is 11.7. The van der Waals surface area contributed by atoms with Crippen LogP contribution in [-0.4, -0.2) is 38.2 Å². The van der Waals surface area contributed by atoms with Crippen LogP contribution in [0.25, 0.3) is 6.08 Å². The fourth-order valence-electron chi connectivity index (χ4n) is 1.51. The van der Waals surface area contributed by atoms with Crippen LogP contribution in [0.1, 0.15) is 12.5 Å². The van der Waals surface area contributed by atoms with Gasteiger partial charge in [0.1, 0.15) is 0 Å². The minimum atomic E-state index is -0.907. The summed E-state index contributed by atoms with van der Waals surface area (Å²) >= 11 is 12.0. The van der Waals surface area contributed by atoms with Crippen LogP contribution in [0.15, 0.2) is 24.3 Å². The van der Waals surface area contributed by atoms with Crippen molar-refractivity contribution >= 4 is 41.2 Å². The van der Waals surface area contributed by atoms with Crippen molar-refractivity contribution in [2.75, 3.05) is 20.3 Å². The molecule has 1 atom stereocenters. The number of amides is 1. The van der Waals surface area contributed by atoms with E-state index in [0.29, 0.717) is 28.8 Å². The summed E-state index contributed by atoms with van der Waals surface area (Å²) < 4.78 is 9.78. The molecule has 0 spiro atoms. The third kappa shape index (κ3) is 6.05. The Morgan fingerprint density at radius 1 is 1.32 bits per heavy atom. The number of carbonyl (C=O) groups excluding carboxylic acids is 2. The van der Waals surface area contributed by atoms with E-state index in [1.165, 1.54) is 26.2 Å². The van der Waals surface area contributed by atoms with E-state index < -0.39 is 18.0 Å². The summed E-state index contributed by atoms with van der Waals surface area (Å²) in [5.74, 6) is -1.06. The molecule has 22 heavy (non-hydrogen) atoms. The van der Waals surface area contributed by atoms with Gasteiger partial charge in [0.05, 0.1) is 6.61 Å². The number of nitrogens with one attached hydrogen (secondary N) is 1. The van der Waals surface area contributed by atoms with Crippen molar-refractivity contribution < 1.29 is 19.1 Å². The minimum Gasteiger partial charge on any atom is -0.449 e. The average Bonchev–Trinajstić information content (AvgIpc) is 2.46. The SMILES string of the molecule is COCCNC(=O)[C@H](C)OC(=O)/C=C/c1c(Cl)cccc1Cl. The summed E-state index contributed by atoms with van der Waals surface area (Å²) in [5.41, 5.74) is 0.514. The summed E-state index contributed by atoms with van der Waals surface area (Å²) in [7, 11) is 1.53. The van der Waals surface area contributed by atoms with Gasteiger partial charge in [-0.2, -0.15) is 0 Å². The summed E-state index contributed by atoms with van der Waals surface area (Å²) in [6.45, 7) is 2.22. The number of halogens is 2. The quantitative estimate of drug-likeness (QED) is 0.468. The van der Waals surface area contributed by atoms with E-state index in [9.17, 15) is 9.59 Å². The zero-order valence-corrected chi connectivity index (χ0v) is 13.8. The van der Waals surface area contributed by atoms with E-state index in [-0.39, 0.29) is 0 Å². The van der Waals surface area contributed by atoms with Crippen molar-refractivity contribution in [1.29, 1.82) is 0 Å². The Hall–Kier alpha value is -1.56. The third-order valence-corrected chi connectivity index (χ3v) is 3.31. The minimum absolute atomic E-state index is 0.349. The van der Waals surface area contributed by atoms with Gasteiger partial charge in [0.25, 0.3) is 5.91 Å². The van der Waals surface area contributed by atoms with Crippen LogP contribution in [0.4, 0.5) is 0 Å². The average molecular weight is 346 g/mol. The standard InChI is InChI=1S/C15H17Cl2NO4/c1-10(15(20)18-8-9-21-2)22-14(19)7-6-11-12(16)4-3-5-13(11)17/h3-7,10H,8-9H2,1-2H3,(H,18,20)/b7-6+/t10-/m0/s1. The van der Waals surface area contributed by atoms with Gasteiger partial charge < -0.3 is 14.8 Å². The first-order valence-corrected chi connectivity index (χ1v) is 7.30. The number of methoxy groups -OCH3 is 1. The molecule has 0 unspecified atom stereocenters. The first-order valence-electron chi connectivity index (χ1n) is 6.55. The van der Waals surface area contributed by atoms with Gasteiger partial charge in [-0.1, -0.05) is 29.3 Å². The number of esters is 1. The second-order valence-electron chi connectivity index (χ2n) is 4.33. The highest BCUT2D eigenvalue weighted by atomic mass is 35.5. The monoisotopic (exact) mass is 345 g/mol. The molecule has 0 radical (unpaired) electrons. The summed E-state index contributed by atoms with van der Waals surface area (Å²) in [5, 5.41) is 3.41. The summed E-state index contributed by atoms with van der Waals surface area (Å²) in [6.07, 6.45) is 1.71. The number of ether oxygens (including phenoxy) is 2. The normalized spacial score (nSPS) is 12.2. The lowest BCUT2D eigenvalue weighted by molar-refractivity contribution is -0.150. The van der Waals surface area contributed by atoms with Crippen LogP contribution in [0, 0.1) is 0 Å². The molecular formula is C15H17Cl2NO4. The molecule has 5 nitrogen and oxygen atoms in total. The predicted octanol–water partition coefficient (Wildman–Crippen LogP) is 2.70. The van der Waals surface area contributed by atoms with E-state index in [4.69, 9.17) is 32.7 Å². The van der Waals surface area contributed by atoms with Crippen LogP contribution in [0.5, 0.6) is 0 Å². The van der Waals surface area contributed by atoms with Gasteiger partial charge in [0.15, 0.2) is 6.10 Å². The number of rotatable bonds is 7. The van der Waals surface area contributed by atoms with Gasteiger partial charge in [0, 0.05) is 35.3 Å². The van der Waals surface area contributed by atoms with E-state index in [1.54, 1.807) is 18.2 Å². The number of hydrogen-bond acceptors (Lipinski definition) is 4. The molecule has 0 fully saturated rings. The van der Waals surface area contributed by atoms with E-state index >= 15 is 0 Å². The second-order valence-corrected chi connectivity index (χ2v) is 5.15. The molecule has 1 aromatic rings. The fraction of sp³-hybridized carbons (Fsp3) is 0.333. The largest absolute Gasteiger partial charge is 0.449 e. The highest BCUT2D eigenvalue weighted by Gasteiger charge is 2.15. The fourth-order valence-corrected chi connectivity index (χ4v) is 2.03. The van der Waals surface area contributed by atoms with Crippen molar-refractivity contribution in [2.24, 2.45) is 0 Å². The number of carbonyl (C=O) groups is 2. The van der Waals surface area contributed by atoms with Crippen LogP contribution in [0.2, 0.25) is 10.0 Å². The molecule has 0 aliphatic heterocycles. The van der Waals surface area contributed by atoms with Crippen molar-refractivity contribution in [3.8, 4) is 0 Å². The van der Waals surface area contributed by atoms with Crippen molar-refractivity contribution in [2.45, 2.75) is 13.0 Å². The zero-order valence-electron chi connectivity index (χ0n) is 12.3. The number of benzene rings is 1. The number of hydrogen-bond donors (Lipinski definition) is 1. The maximum Gasteiger partial charge on any atom is 0.331 e. The van der Waals surface area contributed by atoms with E-state index in [0.717, 1.165) is 0 Å². The Kier molecular flexibility index (Phi) is 7.95. The van der Waals surface area contributed by atoms with Gasteiger partial charge in [0.2, 0.25) is 0 Å². The highest BCUT2D eigenvalue weighted by molar-refractivity contribution is 6.37.